The van der Waals surface area contributed by atoms with Gasteiger partial charge >= 0.3 is 17.9 Å². The quantitative estimate of drug-likeness (QED) is 0.855. The number of alkyl halides is 3. The molecule has 3 rings (SSSR count). The number of halogens is 3. The van der Waals surface area contributed by atoms with Crippen LogP contribution in [0.2, 0.25) is 0 Å². The lowest BCUT2D eigenvalue weighted by Gasteiger charge is -2.32. The zero-order valence-electron chi connectivity index (χ0n) is 14.0. The molecule has 0 atom stereocenters. The van der Waals surface area contributed by atoms with Crippen LogP contribution in [0.5, 0.6) is 0 Å². The minimum atomic E-state index is -4.62. The Kier molecular flexibility index (Phi) is 4.74. The molecule has 142 valence electrons. The Labute approximate surface area is 145 Å². The number of nitrogens with one attached hydrogen (secondary N) is 2. The highest BCUT2D eigenvalue weighted by atomic mass is 19.4. The fourth-order valence-electron chi connectivity index (χ4n) is 3.07. The molecule has 3 heterocycles. The third kappa shape index (κ3) is 3.44. The normalized spacial score (nSPS) is 16.1. The summed E-state index contributed by atoms with van der Waals surface area (Å²) in [6.45, 7) is 2.21. The molecule has 2 amide bonds. The second kappa shape index (κ2) is 6.84. The van der Waals surface area contributed by atoms with Crippen LogP contribution in [-0.4, -0.2) is 48.6 Å². The number of aryl methyl sites for hydroxylation is 1. The summed E-state index contributed by atoms with van der Waals surface area (Å²) in [5.41, 5.74) is -1.67. The SMILES string of the molecule is CCn1ncc(NC(=O)N2CCC(n3cn[nH]c3=O)CC2)c1C(F)(F)F. The summed E-state index contributed by atoms with van der Waals surface area (Å²) in [6, 6.07) is -0.719. The number of rotatable bonds is 3. The smallest absolute Gasteiger partial charge is 0.324 e. The Bertz CT molecular complexity index is 830. The van der Waals surface area contributed by atoms with Crippen molar-refractivity contribution in [2.45, 2.75) is 38.5 Å². The first-order chi connectivity index (χ1) is 12.3. The Balaban J connectivity index is 1.66. The number of aromatic nitrogens is 5. The van der Waals surface area contributed by atoms with Gasteiger partial charge in [0, 0.05) is 25.7 Å². The number of amides is 2. The van der Waals surface area contributed by atoms with Crippen molar-refractivity contribution in [2.75, 3.05) is 18.4 Å². The second-order valence-corrected chi connectivity index (χ2v) is 5.94. The van der Waals surface area contributed by atoms with Crippen LogP contribution in [0, 0.1) is 0 Å². The van der Waals surface area contributed by atoms with Crippen LogP contribution in [0.1, 0.15) is 31.5 Å². The third-order valence-electron chi connectivity index (χ3n) is 4.37. The van der Waals surface area contributed by atoms with E-state index in [4.69, 9.17) is 0 Å². The molecule has 1 fully saturated rings. The maximum absolute atomic E-state index is 13.2. The largest absolute Gasteiger partial charge is 0.435 e. The number of hydrogen-bond donors (Lipinski definition) is 2. The Morgan fingerprint density at radius 1 is 1.38 bits per heavy atom. The lowest BCUT2D eigenvalue weighted by atomic mass is 10.1. The number of likely N-dealkylation sites (tertiary alicyclic amines) is 1. The molecule has 0 aliphatic carbocycles. The number of carbonyl (C=O) groups is 1. The third-order valence-corrected chi connectivity index (χ3v) is 4.37. The van der Waals surface area contributed by atoms with E-state index in [1.54, 1.807) is 0 Å². The number of carbonyl (C=O) groups excluding carboxylic acids is 1. The molecular formula is C14H18F3N7O2. The Morgan fingerprint density at radius 3 is 2.62 bits per heavy atom. The van der Waals surface area contributed by atoms with Crippen molar-refractivity contribution >= 4 is 11.7 Å². The topological polar surface area (TPSA) is 101 Å². The number of H-pyrrole nitrogens is 1. The summed E-state index contributed by atoms with van der Waals surface area (Å²) in [6.07, 6.45) is -1.20. The highest BCUT2D eigenvalue weighted by Crippen LogP contribution is 2.35. The summed E-state index contributed by atoms with van der Waals surface area (Å²) in [7, 11) is 0. The number of hydrogen-bond acceptors (Lipinski definition) is 4. The van der Waals surface area contributed by atoms with Crippen molar-refractivity contribution < 1.29 is 18.0 Å². The zero-order valence-corrected chi connectivity index (χ0v) is 14.0. The minimum absolute atomic E-state index is 0.0373. The van der Waals surface area contributed by atoms with E-state index in [0.717, 1.165) is 10.9 Å². The number of piperidine rings is 1. The number of anilines is 1. The summed E-state index contributed by atoms with van der Waals surface area (Å²) >= 11 is 0. The van der Waals surface area contributed by atoms with Crippen molar-refractivity contribution in [3.8, 4) is 0 Å². The molecule has 1 saturated heterocycles. The van der Waals surface area contributed by atoms with Gasteiger partial charge in [0.05, 0.1) is 11.9 Å². The molecule has 0 radical (unpaired) electrons. The molecule has 0 saturated carbocycles. The summed E-state index contributed by atoms with van der Waals surface area (Å²) < 4.78 is 41.9. The van der Waals surface area contributed by atoms with Crippen LogP contribution < -0.4 is 11.0 Å². The van der Waals surface area contributed by atoms with Crippen LogP contribution in [0.25, 0.3) is 0 Å². The van der Waals surface area contributed by atoms with Gasteiger partial charge < -0.3 is 10.2 Å². The fraction of sp³-hybridized carbons (Fsp3) is 0.571. The van der Waals surface area contributed by atoms with Crippen LogP contribution in [0.4, 0.5) is 23.7 Å². The van der Waals surface area contributed by atoms with Gasteiger partial charge in [0.15, 0.2) is 5.69 Å². The van der Waals surface area contributed by atoms with E-state index in [1.807, 2.05) is 0 Å². The van der Waals surface area contributed by atoms with Crippen molar-refractivity contribution in [1.82, 2.24) is 29.4 Å². The summed E-state index contributed by atoms with van der Waals surface area (Å²) in [4.78, 5) is 25.3. The van der Waals surface area contributed by atoms with Gasteiger partial charge in [-0.3, -0.25) is 9.25 Å². The summed E-state index contributed by atoms with van der Waals surface area (Å²) in [5.74, 6) is 0. The van der Waals surface area contributed by atoms with Crippen LogP contribution >= 0.6 is 0 Å². The molecule has 1 aliphatic heterocycles. The molecule has 1 aliphatic rings. The number of urea groups is 1. The van der Waals surface area contributed by atoms with Crippen molar-refractivity contribution in [3.63, 3.8) is 0 Å². The molecule has 2 N–H and O–H groups in total. The van der Waals surface area contributed by atoms with Gasteiger partial charge in [-0.25, -0.2) is 14.7 Å². The predicted molar refractivity (Wildman–Crippen MR) is 84.6 cm³/mol. The minimum Gasteiger partial charge on any atom is -0.324 e. The Morgan fingerprint density at radius 2 is 2.08 bits per heavy atom. The average Bonchev–Trinajstić information content (AvgIpc) is 3.20. The van der Waals surface area contributed by atoms with Gasteiger partial charge in [0.25, 0.3) is 0 Å². The van der Waals surface area contributed by atoms with E-state index >= 15 is 0 Å². The van der Waals surface area contributed by atoms with E-state index in [1.165, 1.54) is 22.7 Å². The number of aromatic amines is 1. The first-order valence-corrected chi connectivity index (χ1v) is 8.11. The standard InChI is InChI=1S/C14H18F3N7O2/c1-2-24-11(14(15,16)17)10(7-19-24)20-12(25)22-5-3-9(4-6-22)23-8-18-21-13(23)26/h7-9H,2-6H2,1H3,(H,20,25)(H,21,26). The molecule has 26 heavy (non-hydrogen) atoms. The van der Waals surface area contributed by atoms with Gasteiger partial charge in [-0.05, 0) is 19.8 Å². The van der Waals surface area contributed by atoms with Crippen molar-refractivity contribution in [1.29, 1.82) is 0 Å². The summed E-state index contributed by atoms with van der Waals surface area (Å²) in [5, 5.41) is 11.9. The van der Waals surface area contributed by atoms with Gasteiger partial charge in [0.1, 0.15) is 6.33 Å². The fourth-order valence-corrected chi connectivity index (χ4v) is 3.07. The van der Waals surface area contributed by atoms with Crippen LogP contribution in [0.3, 0.4) is 0 Å². The van der Waals surface area contributed by atoms with Crippen LogP contribution in [0.15, 0.2) is 17.3 Å². The first-order valence-electron chi connectivity index (χ1n) is 8.11. The highest BCUT2D eigenvalue weighted by molar-refractivity contribution is 5.90. The van der Waals surface area contributed by atoms with E-state index in [-0.39, 0.29) is 24.0 Å². The molecular weight excluding hydrogens is 355 g/mol. The molecule has 0 unspecified atom stereocenters. The second-order valence-electron chi connectivity index (χ2n) is 5.94. The zero-order chi connectivity index (χ0) is 18.9. The lowest BCUT2D eigenvalue weighted by molar-refractivity contribution is -0.143. The maximum Gasteiger partial charge on any atom is 0.435 e. The van der Waals surface area contributed by atoms with E-state index < -0.39 is 17.9 Å². The van der Waals surface area contributed by atoms with Gasteiger partial charge in [0.2, 0.25) is 0 Å². The van der Waals surface area contributed by atoms with Crippen molar-refractivity contribution in [3.05, 3.63) is 28.7 Å². The van der Waals surface area contributed by atoms with E-state index in [0.29, 0.717) is 25.9 Å². The molecule has 2 aromatic heterocycles. The Hall–Kier alpha value is -2.79. The van der Waals surface area contributed by atoms with Gasteiger partial charge in [-0.1, -0.05) is 0 Å². The van der Waals surface area contributed by atoms with E-state index in [2.05, 4.69) is 20.6 Å². The molecule has 12 heteroatoms. The molecule has 9 nitrogen and oxygen atoms in total. The maximum atomic E-state index is 13.2. The molecule has 0 spiro atoms. The van der Waals surface area contributed by atoms with Crippen molar-refractivity contribution in [2.24, 2.45) is 0 Å². The monoisotopic (exact) mass is 373 g/mol. The lowest BCUT2D eigenvalue weighted by Crippen LogP contribution is -2.42. The number of nitrogens with zero attached hydrogens (tertiary/aromatic N) is 5. The molecule has 0 aromatic carbocycles. The van der Waals surface area contributed by atoms with Gasteiger partial charge in [-0.2, -0.15) is 23.4 Å². The molecule has 2 aromatic rings. The van der Waals surface area contributed by atoms with Gasteiger partial charge in [-0.15, -0.1) is 0 Å². The van der Waals surface area contributed by atoms with E-state index in [9.17, 15) is 22.8 Å². The molecule has 0 bridgehead atoms. The first kappa shape index (κ1) is 18.0. The van der Waals surface area contributed by atoms with Crippen LogP contribution in [-0.2, 0) is 12.7 Å². The highest BCUT2D eigenvalue weighted by Gasteiger charge is 2.39. The predicted octanol–water partition coefficient (Wildman–Crippen LogP) is 1.68. The average molecular weight is 373 g/mol.